The van der Waals surface area contributed by atoms with Crippen molar-refractivity contribution >= 4 is 108 Å². The fourth-order valence-corrected chi connectivity index (χ4v) is 10.6. The number of carbonyl (C=O) groups excluding carboxylic acids is 14. The van der Waals surface area contributed by atoms with Gasteiger partial charge in [-0.1, -0.05) is 44.2 Å². The zero-order chi connectivity index (χ0) is 83.4. The van der Waals surface area contributed by atoms with Crippen LogP contribution >= 0.6 is 7.60 Å². The Morgan fingerprint density at radius 2 is 0.946 bits per heavy atom. The number of hydrogen-bond donors (Lipinski definition) is 20. The molecule has 0 saturated heterocycles. The molecule has 0 saturated carbocycles. The standard InChI is InChI=1S/C71H114N15O25P/c1-46(2)63(86-67(100)55(45-87)84-66(99)54(22-28-62(95)96)83-65(98)53(16-11-31-79-69(73)102)82-61(94)44-48-17-19-49(20-18-48)80-70(103)85-51-14-6-5-12-47(51)3)68(101)78-35-39-111-43-42-110-37-33-76-58(91)25-24-57(90)75-32-36-108-40-41-109-38-34-77-59(92)26-27-60(93)81-52(64(72)97)15-8-10-30-74-56(89)23-21-50(88)13-7-9-29-71(4,104)112(105,106)107/h5-6,12,14,17-20,46,52-55,63,87,104H,7-11,13,15-16,21-45H2,1-4H3,(H2,72,97)(H,74,89)(H,75,90)(H,76,91)(H,77,92)(H,78,101)(H,81,93)(H,82,94)(H,83,98)(H,84,99)(H,86,100)(H,95,96)(H3,73,79,102)(H2,80,85,103)(H2,105,106,107)/t52-,53-,54-,55-,63-,71?/m0/s1. The third-order valence-electron chi connectivity index (χ3n) is 16.6. The van der Waals surface area contributed by atoms with Crippen molar-refractivity contribution < 1.29 is 121 Å². The highest BCUT2D eigenvalue weighted by atomic mass is 31.2. The first-order valence-corrected chi connectivity index (χ1v) is 38.5. The minimum absolute atomic E-state index is 0.00482. The lowest BCUT2D eigenvalue weighted by atomic mass is 10.0. The molecule has 0 radical (unpaired) electrons. The Morgan fingerprint density at radius 1 is 0.473 bits per heavy atom. The number of Topliss-reactive ketones (excluding diaryl/α,β-unsaturated/α-hetero) is 1. The summed E-state index contributed by atoms with van der Waals surface area (Å²) in [6.45, 7) is 6.86. The van der Waals surface area contributed by atoms with Crippen LogP contribution in [0.15, 0.2) is 48.5 Å². The molecule has 628 valence electrons. The van der Waals surface area contributed by atoms with Crippen molar-refractivity contribution in [3.05, 3.63) is 59.7 Å². The van der Waals surface area contributed by atoms with Crippen LogP contribution in [-0.2, 0) is 92.3 Å². The molecule has 2 rings (SSSR count). The third kappa shape index (κ3) is 45.5. The number of primary amides is 2. The highest BCUT2D eigenvalue weighted by molar-refractivity contribution is 7.53. The van der Waals surface area contributed by atoms with E-state index in [4.69, 9.17) is 40.2 Å². The maximum atomic E-state index is 13.8. The van der Waals surface area contributed by atoms with Gasteiger partial charge >= 0.3 is 25.6 Å². The molecule has 6 atom stereocenters. The molecule has 0 heterocycles. The van der Waals surface area contributed by atoms with Gasteiger partial charge in [0.1, 0.15) is 36.0 Å². The number of rotatable bonds is 61. The van der Waals surface area contributed by atoms with Crippen LogP contribution < -0.4 is 80.6 Å². The number of amides is 15. The van der Waals surface area contributed by atoms with E-state index in [1.807, 2.05) is 19.1 Å². The van der Waals surface area contributed by atoms with Gasteiger partial charge in [0, 0.05) is 102 Å². The molecule has 2 aromatic carbocycles. The topological polar surface area (TPSA) is 620 Å². The summed E-state index contributed by atoms with van der Waals surface area (Å²) in [6, 6.07) is 5.29. The van der Waals surface area contributed by atoms with Crippen LogP contribution in [0.4, 0.5) is 21.0 Å². The number of carboxylic acid groups (broad SMARTS) is 1. The Labute approximate surface area is 649 Å². The van der Waals surface area contributed by atoms with Crippen molar-refractivity contribution in [2.75, 3.05) is 109 Å². The van der Waals surface area contributed by atoms with E-state index in [9.17, 15) is 91.8 Å². The molecular weight excluding hydrogens is 1490 g/mol. The van der Waals surface area contributed by atoms with Crippen molar-refractivity contribution in [1.82, 2.24) is 58.5 Å². The Morgan fingerprint density at radius 3 is 1.46 bits per heavy atom. The molecule has 1 unspecified atom stereocenters. The molecule has 40 nitrogen and oxygen atoms in total. The maximum absolute atomic E-state index is 13.8. The Kier molecular flexibility index (Phi) is 48.8. The average Bonchev–Trinajstić information content (AvgIpc) is 0.861. The first kappa shape index (κ1) is 98.3. The van der Waals surface area contributed by atoms with Gasteiger partial charge in [0.2, 0.25) is 65.0 Å². The summed E-state index contributed by atoms with van der Waals surface area (Å²) >= 11 is 0. The highest BCUT2D eigenvalue weighted by Gasteiger charge is 2.40. The van der Waals surface area contributed by atoms with Gasteiger partial charge in [0.25, 0.3) is 0 Å². The molecule has 0 fully saturated rings. The SMILES string of the molecule is Cc1ccccc1NC(=O)Nc1ccc(CC(=O)N[C@@H](CCCNC(N)=O)C(=O)N[C@@H](CCC(=O)O)C(=O)N[C@@H](CO)C(=O)N[C@H](C(=O)NCCOCCOCCNC(=O)CCC(=O)NCCOCCOCCNC(=O)CCC(=O)N[C@@H](CCCCNC(=O)CCC(=O)CCCCC(C)(O)P(=O)(O)O)C(N)=O)C(C)C)cc1. The number of aryl methyl sites for hydroxylation is 1. The number of carbonyl (C=O) groups is 15. The Bertz CT molecular complexity index is 3400. The summed E-state index contributed by atoms with van der Waals surface area (Å²) in [4.78, 5) is 207. The van der Waals surface area contributed by atoms with Crippen LogP contribution in [0.25, 0.3) is 0 Å². The fourth-order valence-electron chi connectivity index (χ4n) is 10.1. The second-order valence-corrected chi connectivity index (χ2v) is 28.5. The van der Waals surface area contributed by atoms with Crippen molar-refractivity contribution in [2.45, 2.75) is 179 Å². The highest BCUT2D eigenvalue weighted by Crippen LogP contribution is 2.51. The van der Waals surface area contributed by atoms with E-state index in [0.29, 0.717) is 36.2 Å². The van der Waals surface area contributed by atoms with Crippen LogP contribution in [0.3, 0.4) is 0 Å². The number of anilines is 2. The smallest absolute Gasteiger partial charge is 0.356 e. The normalized spacial score (nSPS) is 13.0. The number of urea groups is 2. The van der Waals surface area contributed by atoms with Gasteiger partial charge in [0.05, 0.1) is 65.9 Å². The Balaban J connectivity index is 1.60. The van der Waals surface area contributed by atoms with Gasteiger partial charge in [-0.05, 0) is 107 Å². The second kappa shape index (κ2) is 55.6. The van der Waals surface area contributed by atoms with E-state index in [2.05, 4.69) is 69.1 Å². The molecule has 41 heteroatoms. The van der Waals surface area contributed by atoms with Crippen LogP contribution in [0, 0.1) is 12.8 Å². The first-order chi connectivity index (χ1) is 53.1. The van der Waals surface area contributed by atoms with Crippen LogP contribution in [-0.4, -0.2) is 248 Å². The van der Waals surface area contributed by atoms with Gasteiger partial charge in [-0.2, -0.15) is 0 Å². The molecule has 0 aromatic heterocycles. The summed E-state index contributed by atoms with van der Waals surface area (Å²) in [5, 5.41) is 60.8. The minimum atomic E-state index is -4.70. The van der Waals surface area contributed by atoms with E-state index < -0.39 is 134 Å². The number of ether oxygens (including phenoxy) is 4. The summed E-state index contributed by atoms with van der Waals surface area (Å²) in [7, 11) is -4.70. The Hall–Kier alpha value is -9.80. The molecule has 0 aliphatic carbocycles. The average molecular weight is 1610 g/mol. The van der Waals surface area contributed by atoms with E-state index in [1.165, 1.54) is 0 Å². The predicted molar refractivity (Wildman–Crippen MR) is 404 cm³/mol. The number of nitrogens with one attached hydrogen (secondary N) is 13. The van der Waals surface area contributed by atoms with E-state index in [1.54, 1.807) is 50.2 Å². The molecule has 112 heavy (non-hydrogen) atoms. The molecule has 0 bridgehead atoms. The van der Waals surface area contributed by atoms with E-state index in [-0.39, 0.29) is 199 Å². The third-order valence-corrected chi connectivity index (χ3v) is 18.1. The van der Waals surface area contributed by atoms with Crippen molar-refractivity contribution in [3.63, 3.8) is 0 Å². The number of aliphatic carboxylic acids is 1. The fraction of sp³-hybridized carbons (Fsp3) is 0.620. The molecule has 0 spiro atoms. The quantitative estimate of drug-likeness (QED) is 0.0257. The zero-order valence-electron chi connectivity index (χ0n) is 63.9. The van der Waals surface area contributed by atoms with E-state index >= 15 is 0 Å². The van der Waals surface area contributed by atoms with Gasteiger partial charge in [-0.15, -0.1) is 0 Å². The largest absolute Gasteiger partial charge is 0.481 e. The summed E-state index contributed by atoms with van der Waals surface area (Å²) < 4.78 is 33.1. The number of benzene rings is 2. The van der Waals surface area contributed by atoms with Crippen molar-refractivity contribution in [1.29, 1.82) is 0 Å². The molecule has 2 aromatic rings. The number of carboxylic acids is 1. The van der Waals surface area contributed by atoms with Gasteiger partial charge < -0.3 is 125 Å². The molecule has 22 N–H and O–H groups in total. The van der Waals surface area contributed by atoms with E-state index in [0.717, 1.165) is 12.5 Å². The van der Waals surface area contributed by atoms with Gasteiger partial charge in [-0.25, -0.2) is 9.59 Å². The van der Waals surface area contributed by atoms with Crippen LogP contribution in [0.1, 0.15) is 141 Å². The molecule has 0 aliphatic rings. The molecular formula is C71H114N15O25P. The predicted octanol–water partition coefficient (Wildman–Crippen LogP) is -1.77. The second-order valence-electron chi connectivity index (χ2n) is 26.5. The van der Waals surface area contributed by atoms with Crippen molar-refractivity contribution in [3.8, 4) is 0 Å². The van der Waals surface area contributed by atoms with Crippen LogP contribution in [0.2, 0.25) is 0 Å². The lowest BCUT2D eigenvalue weighted by Gasteiger charge is -2.26. The number of ketones is 1. The monoisotopic (exact) mass is 1610 g/mol. The lowest BCUT2D eigenvalue weighted by Crippen LogP contribution is -2.60. The van der Waals surface area contributed by atoms with Gasteiger partial charge in [0.15, 0.2) is 5.34 Å². The summed E-state index contributed by atoms with van der Waals surface area (Å²) in [6.07, 6.45) is -0.564. The number of para-hydroxylation sites is 1. The number of aliphatic hydroxyl groups is 2. The number of hydrogen-bond acceptors (Lipinski definition) is 22. The maximum Gasteiger partial charge on any atom is 0.356 e. The number of unbranched alkanes of at least 4 members (excludes halogenated alkanes) is 2. The number of aliphatic hydroxyl groups excluding tert-OH is 1. The van der Waals surface area contributed by atoms with Crippen molar-refractivity contribution in [2.24, 2.45) is 17.4 Å². The van der Waals surface area contributed by atoms with Gasteiger partial charge in [-0.3, -0.25) is 66.9 Å². The first-order valence-electron chi connectivity index (χ1n) is 36.9. The minimum Gasteiger partial charge on any atom is -0.481 e. The number of nitrogens with two attached hydrogens (primary N) is 2. The molecule has 15 amide bonds. The van der Waals surface area contributed by atoms with Crippen LogP contribution in [0.5, 0.6) is 0 Å². The molecule has 0 aliphatic heterocycles. The lowest BCUT2D eigenvalue weighted by molar-refractivity contribution is -0.139. The summed E-state index contributed by atoms with van der Waals surface area (Å²) in [5.74, 6) is -9.25. The zero-order valence-corrected chi connectivity index (χ0v) is 64.8. The summed E-state index contributed by atoms with van der Waals surface area (Å²) in [5.41, 5.74) is 13.0.